The molecule has 0 radical (unpaired) electrons. The smallest absolute Gasteiger partial charge is 0.211 e. The number of likely N-dealkylation sites (tertiary alicyclic amines) is 1. The van der Waals surface area contributed by atoms with Crippen molar-refractivity contribution in [3.8, 4) is 0 Å². The van der Waals surface area contributed by atoms with Crippen LogP contribution in [-0.2, 0) is 21.3 Å². The topological polar surface area (TPSA) is 71.5 Å². The van der Waals surface area contributed by atoms with E-state index in [-0.39, 0.29) is 17.2 Å². The molecule has 3 heterocycles. The third kappa shape index (κ3) is 4.14. The molecular formula is C17H27N3O3S. The second kappa shape index (κ2) is 7.47. The lowest BCUT2D eigenvalue weighted by Gasteiger charge is -2.49. The summed E-state index contributed by atoms with van der Waals surface area (Å²) < 4.78 is 32.5. The van der Waals surface area contributed by atoms with Crippen molar-refractivity contribution in [2.75, 3.05) is 32.1 Å². The van der Waals surface area contributed by atoms with Crippen molar-refractivity contribution in [1.82, 2.24) is 14.6 Å². The second-order valence-electron chi connectivity index (χ2n) is 6.90. The summed E-state index contributed by atoms with van der Waals surface area (Å²) >= 11 is 0. The Hall–Kier alpha value is -1.02. The molecule has 2 fully saturated rings. The minimum atomic E-state index is -3.21. The third-order valence-corrected chi connectivity index (χ3v) is 6.85. The molecule has 134 valence electrons. The first-order valence-electron chi connectivity index (χ1n) is 8.72. The van der Waals surface area contributed by atoms with Gasteiger partial charge in [-0.1, -0.05) is 6.07 Å². The standard InChI is InChI=1S/C17H27N3O3S/c1-2-24(21,22)19-16-14-23-11-7-17(16)5-9-20(10-6-17)13-15-4-3-8-18-12-15/h3-4,8,12,16,19H,2,5-7,9-11,13-14H2,1H3. The molecule has 24 heavy (non-hydrogen) atoms. The number of aromatic nitrogens is 1. The normalized spacial score (nSPS) is 25.0. The van der Waals surface area contributed by atoms with Gasteiger partial charge in [-0.05, 0) is 56.3 Å². The summed E-state index contributed by atoms with van der Waals surface area (Å²) in [6, 6.07) is 3.97. The predicted molar refractivity (Wildman–Crippen MR) is 93.0 cm³/mol. The van der Waals surface area contributed by atoms with Crippen LogP contribution in [0.1, 0.15) is 31.7 Å². The van der Waals surface area contributed by atoms with Gasteiger partial charge in [0.2, 0.25) is 10.0 Å². The molecule has 2 aliphatic heterocycles. The van der Waals surface area contributed by atoms with Crippen LogP contribution in [0.25, 0.3) is 0 Å². The van der Waals surface area contributed by atoms with Gasteiger partial charge in [0, 0.05) is 25.5 Å². The van der Waals surface area contributed by atoms with Crippen molar-refractivity contribution >= 4 is 10.0 Å². The van der Waals surface area contributed by atoms with Crippen molar-refractivity contribution in [1.29, 1.82) is 0 Å². The summed E-state index contributed by atoms with van der Waals surface area (Å²) in [6.07, 6.45) is 6.66. The fraction of sp³-hybridized carbons (Fsp3) is 0.706. The molecule has 6 nitrogen and oxygen atoms in total. The minimum absolute atomic E-state index is 0.0337. The monoisotopic (exact) mass is 353 g/mol. The fourth-order valence-electron chi connectivity index (χ4n) is 3.79. The highest BCUT2D eigenvalue weighted by Crippen LogP contribution is 2.41. The maximum atomic E-state index is 12.0. The number of nitrogens with one attached hydrogen (secondary N) is 1. The molecule has 0 bridgehead atoms. The van der Waals surface area contributed by atoms with Gasteiger partial charge < -0.3 is 4.74 Å². The van der Waals surface area contributed by atoms with Gasteiger partial charge in [-0.15, -0.1) is 0 Å². The molecule has 2 aliphatic rings. The summed E-state index contributed by atoms with van der Waals surface area (Å²) in [5.41, 5.74) is 1.26. The van der Waals surface area contributed by atoms with Gasteiger partial charge in [-0.3, -0.25) is 9.88 Å². The number of sulfonamides is 1. The maximum absolute atomic E-state index is 12.0. The van der Waals surface area contributed by atoms with Crippen LogP contribution < -0.4 is 4.72 Å². The first-order valence-corrected chi connectivity index (χ1v) is 10.4. The molecule has 0 aromatic carbocycles. The number of piperidine rings is 1. The summed E-state index contributed by atoms with van der Waals surface area (Å²) in [5, 5.41) is 0. The van der Waals surface area contributed by atoms with Crippen LogP contribution in [0.15, 0.2) is 24.5 Å². The van der Waals surface area contributed by atoms with Gasteiger partial charge in [-0.2, -0.15) is 0 Å². The van der Waals surface area contributed by atoms with E-state index < -0.39 is 10.0 Å². The third-order valence-electron chi connectivity index (χ3n) is 5.45. The lowest BCUT2D eigenvalue weighted by molar-refractivity contribution is -0.0445. The van der Waals surface area contributed by atoms with E-state index in [4.69, 9.17) is 4.74 Å². The lowest BCUT2D eigenvalue weighted by Crippen LogP contribution is -2.57. The van der Waals surface area contributed by atoms with Crippen LogP contribution in [0.3, 0.4) is 0 Å². The van der Waals surface area contributed by atoms with E-state index in [0.717, 1.165) is 45.5 Å². The van der Waals surface area contributed by atoms with E-state index in [0.29, 0.717) is 6.61 Å². The Morgan fingerprint density at radius 2 is 2.17 bits per heavy atom. The number of hydrogen-bond acceptors (Lipinski definition) is 5. The van der Waals surface area contributed by atoms with Crippen LogP contribution >= 0.6 is 0 Å². The molecule has 1 aromatic rings. The van der Waals surface area contributed by atoms with Gasteiger partial charge in [0.05, 0.1) is 18.4 Å². The summed E-state index contributed by atoms with van der Waals surface area (Å²) in [4.78, 5) is 6.61. The second-order valence-corrected chi connectivity index (χ2v) is 8.94. The Bertz CT molecular complexity index is 628. The van der Waals surface area contributed by atoms with Gasteiger partial charge in [0.1, 0.15) is 0 Å². The summed E-state index contributed by atoms with van der Waals surface area (Å²) in [7, 11) is -3.21. The Labute approximate surface area is 144 Å². The van der Waals surface area contributed by atoms with Crippen molar-refractivity contribution in [3.63, 3.8) is 0 Å². The maximum Gasteiger partial charge on any atom is 0.211 e. The van der Waals surface area contributed by atoms with Crippen LogP contribution in [0.2, 0.25) is 0 Å². The van der Waals surface area contributed by atoms with Crippen molar-refractivity contribution < 1.29 is 13.2 Å². The molecular weight excluding hydrogens is 326 g/mol. The van der Waals surface area contributed by atoms with E-state index in [1.165, 1.54) is 5.56 Å². The highest BCUT2D eigenvalue weighted by molar-refractivity contribution is 7.89. The number of ether oxygens (including phenoxy) is 1. The van der Waals surface area contributed by atoms with E-state index in [1.807, 2.05) is 12.3 Å². The van der Waals surface area contributed by atoms with Crippen LogP contribution in [0, 0.1) is 5.41 Å². The predicted octanol–water partition coefficient (Wildman–Crippen LogP) is 1.39. The zero-order valence-electron chi connectivity index (χ0n) is 14.3. The summed E-state index contributed by atoms with van der Waals surface area (Å²) in [6.45, 7) is 5.77. The Morgan fingerprint density at radius 3 is 2.83 bits per heavy atom. The van der Waals surface area contributed by atoms with Crippen LogP contribution in [0.5, 0.6) is 0 Å². The number of rotatable bonds is 5. The van der Waals surface area contributed by atoms with Gasteiger partial charge in [0.15, 0.2) is 0 Å². The zero-order valence-corrected chi connectivity index (χ0v) is 15.1. The highest BCUT2D eigenvalue weighted by Gasteiger charge is 2.44. The molecule has 0 aliphatic carbocycles. The van der Waals surface area contributed by atoms with E-state index in [2.05, 4.69) is 20.7 Å². The quantitative estimate of drug-likeness (QED) is 0.866. The average molecular weight is 353 g/mol. The van der Waals surface area contributed by atoms with E-state index in [1.54, 1.807) is 13.1 Å². The number of hydrogen-bond donors (Lipinski definition) is 1. The Morgan fingerprint density at radius 1 is 1.38 bits per heavy atom. The molecule has 0 saturated carbocycles. The summed E-state index contributed by atoms with van der Waals surface area (Å²) in [5.74, 6) is 0.118. The van der Waals surface area contributed by atoms with Crippen molar-refractivity contribution in [2.45, 2.75) is 38.8 Å². The number of nitrogens with zero attached hydrogens (tertiary/aromatic N) is 2. The lowest BCUT2D eigenvalue weighted by atomic mass is 9.69. The zero-order chi connectivity index (χ0) is 17.0. The molecule has 2 saturated heterocycles. The number of pyridine rings is 1. The SMILES string of the molecule is CCS(=O)(=O)NC1COCCC12CCN(Cc1cccnc1)CC2. The molecule has 1 unspecified atom stereocenters. The molecule has 7 heteroatoms. The average Bonchev–Trinajstić information content (AvgIpc) is 2.60. The molecule has 1 N–H and O–H groups in total. The molecule has 3 rings (SSSR count). The molecule has 1 atom stereocenters. The largest absolute Gasteiger partial charge is 0.380 e. The molecule has 0 amide bonds. The van der Waals surface area contributed by atoms with Crippen LogP contribution in [-0.4, -0.2) is 56.4 Å². The van der Waals surface area contributed by atoms with Gasteiger partial charge >= 0.3 is 0 Å². The van der Waals surface area contributed by atoms with Crippen molar-refractivity contribution in [3.05, 3.63) is 30.1 Å². The Balaban J connectivity index is 1.63. The van der Waals surface area contributed by atoms with Gasteiger partial charge in [0.25, 0.3) is 0 Å². The fourth-order valence-corrected chi connectivity index (χ4v) is 4.71. The first kappa shape index (κ1) is 17.8. The van der Waals surface area contributed by atoms with Crippen molar-refractivity contribution in [2.24, 2.45) is 5.41 Å². The van der Waals surface area contributed by atoms with Crippen LogP contribution in [0.4, 0.5) is 0 Å². The Kier molecular flexibility index (Phi) is 5.54. The minimum Gasteiger partial charge on any atom is -0.380 e. The highest BCUT2D eigenvalue weighted by atomic mass is 32.2. The van der Waals surface area contributed by atoms with E-state index in [9.17, 15) is 8.42 Å². The first-order chi connectivity index (χ1) is 11.5. The molecule has 1 aromatic heterocycles. The van der Waals surface area contributed by atoms with E-state index >= 15 is 0 Å². The van der Waals surface area contributed by atoms with Gasteiger partial charge in [-0.25, -0.2) is 13.1 Å². The molecule has 1 spiro atoms.